The zero-order chi connectivity index (χ0) is 24.7. The van der Waals surface area contributed by atoms with Crippen molar-refractivity contribution in [1.82, 2.24) is 9.80 Å². The Hall–Kier alpha value is -3.17. The molecule has 8 nitrogen and oxygen atoms in total. The summed E-state index contributed by atoms with van der Waals surface area (Å²) in [5.74, 6) is -1.19. The van der Waals surface area contributed by atoms with Gasteiger partial charge in [0.25, 0.3) is 5.91 Å². The molecule has 1 aliphatic rings. The molecular weight excluding hydrogens is 467 g/mol. The lowest BCUT2D eigenvalue weighted by molar-refractivity contribution is -0.142. The van der Waals surface area contributed by atoms with E-state index in [0.717, 1.165) is 17.7 Å². The van der Waals surface area contributed by atoms with Gasteiger partial charge in [-0.3, -0.25) is 14.4 Å². The number of nitrogens with zero attached hydrogens (tertiary/aromatic N) is 2. The highest BCUT2D eigenvalue weighted by Crippen LogP contribution is 2.21. The lowest BCUT2D eigenvalue weighted by Gasteiger charge is -2.25. The van der Waals surface area contributed by atoms with Crippen molar-refractivity contribution in [2.45, 2.75) is 19.1 Å². The van der Waals surface area contributed by atoms with Crippen LogP contribution in [0.3, 0.4) is 0 Å². The zero-order valence-electron chi connectivity index (χ0n) is 19.0. The maximum absolute atomic E-state index is 13.5. The Labute approximate surface area is 202 Å². The van der Waals surface area contributed by atoms with E-state index < -0.39 is 23.8 Å². The van der Waals surface area contributed by atoms with Crippen LogP contribution in [0.4, 0.5) is 4.39 Å². The molecule has 0 bridgehead atoms. The number of rotatable bonds is 8. The first-order chi connectivity index (χ1) is 16.3. The summed E-state index contributed by atoms with van der Waals surface area (Å²) in [5, 5.41) is -0.0434. The quantitative estimate of drug-likeness (QED) is 0.527. The fraction of sp³-hybridized carbons (Fsp3) is 0.375. The van der Waals surface area contributed by atoms with Gasteiger partial charge >= 0.3 is 5.97 Å². The molecule has 1 heterocycles. The molecule has 34 heavy (non-hydrogen) atoms. The van der Waals surface area contributed by atoms with E-state index in [1.54, 1.807) is 7.11 Å². The molecule has 3 rings (SSSR count). The summed E-state index contributed by atoms with van der Waals surface area (Å²) in [6, 6.07) is 10.8. The Morgan fingerprint density at radius 1 is 1.15 bits per heavy atom. The predicted octanol–water partition coefficient (Wildman–Crippen LogP) is 2.92. The average Bonchev–Trinajstić information content (AvgIpc) is 2.99. The van der Waals surface area contributed by atoms with Gasteiger partial charge in [-0.1, -0.05) is 23.7 Å². The van der Waals surface area contributed by atoms with Crippen LogP contribution in [0.5, 0.6) is 5.75 Å². The Balaban J connectivity index is 1.79. The number of methoxy groups -OCH3 is 2. The molecule has 0 radical (unpaired) electrons. The molecule has 1 aliphatic heterocycles. The summed E-state index contributed by atoms with van der Waals surface area (Å²) >= 11 is 6.08. The predicted molar refractivity (Wildman–Crippen MR) is 122 cm³/mol. The van der Waals surface area contributed by atoms with Crippen LogP contribution >= 0.6 is 11.6 Å². The summed E-state index contributed by atoms with van der Waals surface area (Å²) in [6.07, 6.45) is -0.527. The van der Waals surface area contributed by atoms with Crippen molar-refractivity contribution in [3.8, 4) is 5.75 Å². The Kier molecular flexibility index (Phi) is 8.84. The fourth-order valence-electron chi connectivity index (χ4n) is 3.59. The van der Waals surface area contributed by atoms with E-state index in [1.807, 2.05) is 24.3 Å². The monoisotopic (exact) mass is 492 g/mol. The number of amides is 2. The molecular formula is C24H26ClFN2O6. The van der Waals surface area contributed by atoms with Crippen LogP contribution in [0.1, 0.15) is 22.3 Å². The maximum atomic E-state index is 13.5. The van der Waals surface area contributed by atoms with Gasteiger partial charge in [0.2, 0.25) is 5.91 Å². The van der Waals surface area contributed by atoms with Crippen LogP contribution in [-0.4, -0.2) is 74.1 Å². The number of ether oxygens (including phenoxy) is 3. The second kappa shape index (κ2) is 11.8. The molecule has 2 aromatic rings. The maximum Gasteiger partial charge on any atom is 0.307 e. The second-order valence-electron chi connectivity index (χ2n) is 7.76. The number of esters is 1. The second-order valence-corrected chi connectivity index (χ2v) is 8.17. The van der Waals surface area contributed by atoms with E-state index >= 15 is 0 Å². The zero-order valence-corrected chi connectivity index (χ0v) is 19.7. The topological polar surface area (TPSA) is 85.4 Å². The lowest BCUT2D eigenvalue weighted by atomic mass is 10.2. The van der Waals surface area contributed by atoms with Crippen LogP contribution in [0.15, 0.2) is 42.5 Å². The molecule has 0 saturated carbocycles. The Morgan fingerprint density at radius 3 is 2.65 bits per heavy atom. The van der Waals surface area contributed by atoms with Gasteiger partial charge in [0.1, 0.15) is 18.1 Å². The fourth-order valence-corrected chi connectivity index (χ4v) is 3.84. The van der Waals surface area contributed by atoms with Gasteiger partial charge in [0, 0.05) is 19.6 Å². The van der Waals surface area contributed by atoms with E-state index in [4.69, 9.17) is 21.1 Å². The van der Waals surface area contributed by atoms with Crippen molar-refractivity contribution in [2.75, 3.05) is 40.4 Å². The summed E-state index contributed by atoms with van der Waals surface area (Å²) in [5.41, 5.74) is 0.945. The third-order valence-electron chi connectivity index (χ3n) is 5.41. The normalized spacial score (nSPS) is 16.2. The molecule has 182 valence electrons. The van der Waals surface area contributed by atoms with Gasteiger partial charge in [-0.2, -0.15) is 0 Å². The number of halogens is 2. The van der Waals surface area contributed by atoms with Gasteiger partial charge in [-0.15, -0.1) is 0 Å². The van der Waals surface area contributed by atoms with Crippen LogP contribution in [0, 0.1) is 5.82 Å². The molecule has 0 spiro atoms. The van der Waals surface area contributed by atoms with E-state index in [2.05, 4.69) is 4.74 Å². The van der Waals surface area contributed by atoms with Crippen LogP contribution in [0.25, 0.3) is 0 Å². The van der Waals surface area contributed by atoms with Gasteiger partial charge in [-0.25, -0.2) is 4.39 Å². The molecule has 2 amide bonds. The van der Waals surface area contributed by atoms with Gasteiger partial charge in [0.05, 0.1) is 43.9 Å². The molecule has 1 fully saturated rings. The minimum absolute atomic E-state index is 0.0164. The van der Waals surface area contributed by atoms with Crippen molar-refractivity contribution < 1.29 is 33.0 Å². The van der Waals surface area contributed by atoms with Crippen LogP contribution < -0.4 is 4.74 Å². The molecule has 1 saturated heterocycles. The first kappa shape index (κ1) is 25.5. The highest BCUT2D eigenvalue weighted by atomic mass is 35.5. The molecule has 1 atom stereocenters. The summed E-state index contributed by atoms with van der Waals surface area (Å²) in [6.45, 7) is 0.411. The molecule has 10 heteroatoms. The molecule has 0 aromatic heterocycles. The number of carbonyl (C=O) groups excluding carboxylic acids is 3. The van der Waals surface area contributed by atoms with Crippen molar-refractivity contribution in [3.63, 3.8) is 0 Å². The first-order valence-electron chi connectivity index (χ1n) is 10.6. The molecule has 2 aromatic carbocycles. The summed E-state index contributed by atoms with van der Waals surface area (Å²) in [4.78, 5) is 40.5. The van der Waals surface area contributed by atoms with Crippen LogP contribution in [-0.2, 0) is 25.7 Å². The van der Waals surface area contributed by atoms with Crippen molar-refractivity contribution in [2.24, 2.45) is 0 Å². The lowest BCUT2D eigenvalue weighted by Crippen LogP contribution is -2.40. The van der Waals surface area contributed by atoms with E-state index in [9.17, 15) is 18.8 Å². The summed E-state index contributed by atoms with van der Waals surface area (Å²) in [7, 11) is 2.85. The smallest absolute Gasteiger partial charge is 0.307 e. The van der Waals surface area contributed by atoms with Gasteiger partial charge < -0.3 is 24.0 Å². The largest absolute Gasteiger partial charge is 0.497 e. The standard InChI is InChI=1S/C24H26ClFN2O6/c1-32-18-5-3-4-16(10-18)15-34-19-12-27(9-8-23(30)33-2)22(29)14-28(13-19)24(31)20-7-6-17(26)11-21(20)25/h3-7,10-11,19H,8-9,12-15H2,1-2H3/t19-/m1/s1. The highest BCUT2D eigenvalue weighted by Gasteiger charge is 2.32. The van der Waals surface area contributed by atoms with E-state index in [0.29, 0.717) is 5.75 Å². The van der Waals surface area contributed by atoms with E-state index in [-0.39, 0.29) is 55.7 Å². The number of carbonyl (C=O) groups is 3. The molecule has 0 N–H and O–H groups in total. The number of hydrogen-bond acceptors (Lipinski definition) is 6. The minimum atomic E-state index is -0.568. The third kappa shape index (κ3) is 6.68. The minimum Gasteiger partial charge on any atom is -0.497 e. The molecule has 0 aliphatic carbocycles. The molecule has 0 unspecified atom stereocenters. The summed E-state index contributed by atoms with van der Waals surface area (Å²) < 4.78 is 29.4. The van der Waals surface area contributed by atoms with Crippen molar-refractivity contribution in [1.29, 1.82) is 0 Å². The number of hydrogen-bond donors (Lipinski definition) is 0. The third-order valence-corrected chi connectivity index (χ3v) is 5.72. The first-order valence-corrected chi connectivity index (χ1v) is 11.0. The van der Waals surface area contributed by atoms with Crippen LogP contribution in [0.2, 0.25) is 5.02 Å². The Bertz CT molecular complexity index is 1050. The Morgan fingerprint density at radius 2 is 1.94 bits per heavy atom. The average molecular weight is 493 g/mol. The SMILES string of the molecule is COC(=O)CCN1C[C@@H](OCc2cccc(OC)c2)CN(C(=O)c2ccc(F)cc2Cl)CC1=O. The van der Waals surface area contributed by atoms with E-state index in [1.165, 1.54) is 23.0 Å². The number of benzene rings is 2. The van der Waals surface area contributed by atoms with Gasteiger partial charge in [-0.05, 0) is 35.9 Å². The highest BCUT2D eigenvalue weighted by molar-refractivity contribution is 6.33. The van der Waals surface area contributed by atoms with Crippen molar-refractivity contribution >= 4 is 29.4 Å². The van der Waals surface area contributed by atoms with Crippen molar-refractivity contribution in [3.05, 3.63) is 64.4 Å². The van der Waals surface area contributed by atoms with Gasteiger partial charge in [0.15, 0.2) is 0 Å².